The van der Waals surface area contributed by atoms with Gasteiger partial charge in [0.15, 0.2) is 0 Å². The minimum Gasteiger partial charge on any atom is -0.498 e. The van der Waals surface area contributed by atoms with Crippen LogP contribution in [0.1, 0.15) is 17.3 Å². The second kappa shape index (κ2) is 5.80. The maximum Gasteiger partial charge on any atom is 0.343 e. The number of carbonyl (C=O) groups is 1. The summed E-state index contributed by atoms with van der Waals surface area (Å²) >= 11 is 0. The lowest BCUT2D eigenvalue weighted by Crippen LogP contribution is -1.99. The van der Waals surface area contributed by atoms with Crippen LogP contribution < -0.4 is 0 Å². The van der Waals surface area contributed by atoms with Crippen LogP contribution in [-0.2, 0) is 9.47 Å². The summed E-state index contributed by atoms with van der Waals surface area (Å²) in [4.78, 5) is 11.3. The molecule has 0 saturated heterocycles. The summed E-state index contributed by atoms with van der Waals surface area (Å²) in [6.45, 7) is 2.41. The highest BCUT2D eigenvalue weighted by atomic mass is 16.5. The molecule has 0 N–H and O–H groups in total. The quantitative estimate of drug-likeness (QED) is 0.542. The van der Waals surface area contributed by atoms with Crippen molar-refractivity contribution in [3.63, 3.8) is 0 Å². The molecule has 0 bridgehead atoms. The Hall–Kier alpha value is -1.77. The molecular formula is C11H12O3. The Labute approximate surface area is 83.0 Å². The first kappa shape index (κ1) is 10.3. The fraction of sp³-hybridized carbons (Fsp3) is 0.182. The van der Waals surface area contributed by atoms with Crippen LogP contribution in [0.15, 0.2) is 42.9 Å². The molecule has 0 aliphatic rings. The van der Waals surface area contributed by atoms with E-state index in [0.717, 1.165) is 0 Å². The van der Waals surface area contributed by atoms with E-state index in [1.807, 2.05) is 13.0 Å². The van der Waals surface area contributed by atoms with Crippen LogP contribution in [0, 0.1) is 0 Å². The highest BCUT2D eigenvalue weighted by Crippen LogP contribution is 2.00. The Bertz CT molecular complexity index is 304. The van der Waals surface area contributed by atoms with Gasteiger partial charge in [-0.05, 0) is 19.1 Å². The lowest BCUT2D eigenvalue weighted by molar-refractivity contribution is 0.0652. The van der Waals surface area contributed by atoms with E-state index in [2.05, 4.69) is 0 Å². The maximum absolute atomic E-state index is 11.3. The predicted octanol–water partition coefficient (Wildman–Crippen LogP) is 2.35. The largest absolute Gasteiger partial charge is 0.498 e. The number of ether oxygens (including phenoxy) is 2. The zero-order valence-electron chi connectivity index (χ0n) is 7.97. The molecule has 1 aromatic rings. The average molecular weight is 192 g/mol. The van der Waals surface area contributed by atoms with Gasteiger partial charge < -0.3 is 9.47 Å². The van der Waals surface area contributed by atoms with Gasteiger partial charge in [0.2, 0.25) is 0 Å². The fourth-order valence-corrected chi connectivity index (χ4v) is 0.867. The van der Waals surface area contributed by atoms with E-state index in [0.29, 0.717) is 12.2 Å². The third-order valence-electron chi connectivity index (χ3n) is 1.50. The van der Waals surface area contributed by atoms with Crippen molar-refractivity contribution in [2.24, 2.45) is 0 Å². The first-order valence-electron chi connectivity index (χ1n) is 4.37. The third-order valence-corrected chi connectivity index (χ3v) is 1.50. The molecule has 0 fully saturated rings. The second-order valence-corrected chi connectivity index (χ2v) is 2.50. The van der Waals surface area contributed by atoms with Crippen molar-refractivity contribution >= 4 is 5.97 Å². The monoisotopic (exact) mass is 192 g/mol. The number of carbonyl (C=O) groups excluding carboxylic acids is 1. The van der Waals surface area contributed by atoms with Gasteiger partial charge in [-0.25, -0.2) is 4.79 Å². The highest BCUT2D eigenvalue weighted by Gasteiger charge is 2.02. The van der Waals surface area contributed by atoms with E-state index >= 15 is 0 Å². The molecule has 1 aromatic carbocycles. The van der Waals surface area contributed by atoms with Gasteiger partial charge in [0.25, 0.3) is 0 Å². The minimum atomic E-state index is -0.387. The van der Waals surface area contributed by atoms with Crippen molar-refractivity contribution in [3.8, 4) is 0 Å². The van der Waals surface area contributed by atoms with Crippen molar-refractivity contribution in [3.05, 3.63) is 48.4 Å². The van der Waals surface area contributed by atoms with Gasteiger partial charge in [-0.3, -0.25) is 0 Å². The van der Waals surface area contributed by atoms with Crippen LogP contribution in [-0.4, -0.2) is 12.6 Å². The number of hydrogen-bond acceptors (Lipinski definition) is 3. The Morgan fingerprint density at radius 2 is 2.00 bits per heavy atom. The van der Waals surface area contributed by atoms with Gasteiger partial charge in [-0.15, -0.1) is 0 Å². The topological polar surface area (TPSA) is 35.5 Å². The molecule has 0 aliphatic heterocycles. The highest BCUT2D eigenvalue weighted by molar-refractivity contribution is 5.89. The zero-order chi connectivity index (χ0) is 10.2. The van der Waals surface area contributed by atoms with Crippen LogP contribution in [0.3, 0.4) is 0 Å². The van der Waals surface area contributed by atoms with Crippen LogP contribution in [0.25, 0.3) is 0 Å². The van der Waals surface area contributed by atoms with E-state index < -0.39 is 0 Å². The average Bonchev–Trinajstić information content (AvgIpc) is 2.25. The Kier molecular flexibility index (Phi) is 4.27. The van der Waals surface area contributed by atoms with Crippen molar-refractivity contribution in [1.82, 2.24) is 0 Å². The Morgan fingerprint density at radius 1 is 1.29 bits per heavy atom. The van der Waals surface area contributed by atoms with Crippen molar-refractivity contribution < 1.29 is 14.3 Å². The summed E-state index contributed by atoms with van der Waals surface area (Å²) in [5.41, 5.74) is 0.522. The summed E-state index contributed by atoms with van der Waals surface area (Å²) < 4.78 is 9.65. The molecule has 3 heteroatoms. The van der Waals surface area contributed by atoms with Crippen LogP contribution in [0.2, 0.25) is 0 Å². The molecule has 0 amide bonds. The molecule has 0 spiro atoms. The van der Waals surface area contributed by atoms with Crippen LogP contribution in [0.4, 0.5) is 0 Å². The molecule has 0 radical (unpaired) electrons. The lowest BCUT2D eigenvalue weighted by atomic mass is 10.2. The van der Waals surface area contributed by atoms with Gasteiger partial charge in [0.05, 0.1) is 12.2 Å². The molecule has 0 aromatic heterocycles. The first-order valence-corrected chi connectivity index (χ1v) is 4.37. The van der Waals surface area contributed by atoms with Gasteiger partial charge in [-0.2, -0.15) is 0 Å². The minimum absolute atomic E-state index is 0.387. The van der Waals surface area contributed by atoms with Gasteiger partial charge >= 0.3 is 5.97 Å². The van der Waals surface area contributed by atoms with E-state index in [4.69, 9.17) is 9.47 Å². The first-order chi connectivity index (χ1) is 6.84. The number of hydrogen-bond donors (Lipinski definition) is 0. The maximum atomic E-state index is 11.3. The van der Waals surface area contributed by atoms with Crippen molar-refractivity contribution in [1.29, 1.82) is 0 Å². The molecule has 3 nitrogen and oxygen atoms in total. The third kappa shape index (κ3) is 3.31. The molecule has 0 saturated carbocycles. The molecule has 0 atom stereocenters. The molecule has 74 valence electrons. The molecule has 14 heavy (non-hydrogen) atoms. The molecule has 0 heterocycles. The van der Waals surface area contributed by atoms with Gasteiger partial charge in [0.1, 0.15) is 12.5 Å². The van der Waals surface area contributed by atoms with E-state index in [1.54, 1.807) is 24.3 Å². The Morgan fingerprint density at radius 3 is 2.64 bits per heavy atom. The van der Waals surface area contributed by atoms with Crippen LogP contribution in [0.5, 0.6) is 0 Å². The number of rotatable bonds is 4. The molecule has 0 aliphatic carbocycles. The van der Waals surface area contributed by atoms with E-state index in [1.165, 1.54) is 12.5 Å². The lowest BCUT2D eigenvalue weighted by Gasteiger charge is -1.98. The van der Waals surface area contributed by atoms with Crippen molar-refractivity contribution in [2.75, 3.05) is 6.61 Å². The van der Waals surface area contributed by atoms with E-state index in [-0.39, 0.29) is 5.97 Å². The summed E-state index contributed by atoms with van der Waals surface area (Å²) in [6.07, 6.45) is 2.58. The van der Waals surface area contributed by atoms with Crippen LogP contribution >= 0.6 is 0 Å². The van der Waals surface area contributed by atoms with Gasteiger partial charge in [0, 0.05) is 0 Å². The Balaban J connectivity index is 2.44. The molecular weight excluding hydrogens is 180 g/mol. The molecule has 1 rings (SSSR count). The van der Waals surface area contributed by atoms with E-state index in [9.17, 15) is 4.79 Å². The van der Waals surface area contributed by atoms with Gasteiger partial charge in [-0.1, -0.05) is 18.2 Å². The predicted molar refractivity (Wildman–Crippen MR) is 52.6 cm³/mol. The summed E-state index contributed by atoms with van der Waals surface area (Å²) in [5.74, 6) is -0.387. The zero-order valence-corrected chi connectivity index (χ0v) is 7.97. The number of benzene rings is 1. The summed E-state index contributed by atoms with van der Waals surface area (Å²) in [7, 11) is 0. The number of esters is 1. The SMILES string of the molecule is CCO/C=C/OC(=O)c1ccccc1. The van der Waals surface area contributed by atoms with Crippen molar-refractivity contribution in [2.45, 2.75) is 6.92 Å². The fourth-order valence-electron chi connectivity index (χ4n) is 0.867. The second-order valence-electron chi connectivity index (χ2n) is 2.50. The molecule has 0 unspecified atom stereocenters. The standard InChI is InChI=1S/C11H12O3/c1-2-13-8-9-14-11(12)10-6-4-3-5-7-10/h3-9H,2H2,1H3/b9-8+. The summed E-state index contributed by atoms with van der Waals surface area (Å²) in [5, 5.41) is 0. The smallest absolute Gasteiger partial charge is 0.343 e. The summed E-state index contributed by atoms with van der Waals surface area (Å²) in [6, 6.07) is 8.78. The normalized spacial score (nSPS) is 10.1.